The lowest BCUT2D eigenvalue weighted by atomic mass is 10.0. The highest BCUT2D eigenvalue weighted by atomic mass is 19.3. The molecule has 0 aliphatic rings. The molecule has 4 nitrogen and oxygen atoms in total. The lowest BCUT2D eigenvalue weighted by Gasteiger charge is -2.14. The van der Waals surface area contributed by atoms with Crippen molar-refractivity contribution in [2.45, 2.75) is 19.1 Å². The Bertz CT molecular complexity index is 543. The van der Waals surface area contributed by atoms with Gasteiger partial charge in [0.05, 0.1) is 11.8 Å². The van der Waals surface area contributed by atoms with Crippen LogP contribution in [0.5, 0.6) is 5.75 Å². The fourth-order valence-electron chi connectivity index (χ4n) is 1.84. The minimum atomic E-state index is -2.91. The molecular formula is C13H14F2N2O2. The highest BCUT2D eigenvalue weighted by molar-refractivity contribution is 5.35. The number of ether oxygens (including phenoxy) is 1. The third-order valence-electron chi connectivity index (χ3n) is 2.67. The maximum atomic E-state index is 12.3. The molecule has 0 aliphatic carbocycles. The predicted molar refractivity (Wildman–Crippen MR) is 64.9 cm³/mol. The zero-order chi connectivity index (χ0) is 13.8. The van der Waals surface area contributed by atoms with Gasteiger partial charge < -0.3 is 9.84 Å². The number of para-hydroxylation sites is 1. The van der Waals surface area contributed by atoms with E-state index in [1.807, 2.05) is 0 Å². The van der Waals surface area contributed by atoms with E-state index in [1.54, 1.807) is 42.2 Å². The van der Waals surface area contributed by atoms with Crippen LogP contribution in [0.2, 0.25) is 0 Å². The van der Waals surface area contributed by atoms with Crippen molar-refractivity contribution in [2.75, 3.05) is 0 Å². The van der Waals surface area contributed by atoms with Gasteiger partial charge in [0.25, 0.3) is 0 Å². The lowest BCUT2D eigenvalue weighted by Crippen LogP contribution is -2.09. The number of hydrogen-bond donors (Lipinski definition) is 1. The quantitative estimate of drug-likeness (QED) is 0.905. The molecule has 1 heterocycles. The van der Waals surface area contributed by atoms with Crippen LogP contribution >= 0.6 is 0 Å². The van der Waals surface area contributed by atoms with Crippen molar-refractivity contribution in [3.63, 3.8) is 0 Å². The van der Waals surface area contributed by atoms with E-state index in [1.165, 1.54) is 6.07 Å². The van der Waals surface area contributed by atoms with Gasteiger partial charge in [-0.15, -0.1) is 0 Å². The average Bonchev–Trinajstić information content (AvgIpc) is 2.74. The van der Waals surface area contributed by atoms with Gasteiger partial charge in [-0.05, 0) is 12.1 Å². The van der Waals surface area contributed by atoms with E-state index in [9.17, 15) is 13.9 Å². The Labute approximate surface area is 109 Å². The minimum absolute atomic E-state index is 0.0130. The number of rotatable bonds is 5. The fraction of sp³-hybridized carbons (Fsp3) is 0.308. The van der Waals surface area contributed by atoms with Gasteiger partial charge in [-0.1, -0.05) is 18.2 Å². The summed E-state index contributed by atoms with van der Waals surface area (Å²) in [6, 6.07) is 7.97. The number of aryl methyl sites for hydroxylation is 1. The van der Waals surface area contributed by atoms with Gasteiger partial charge in [0.1, 0.15) is 5.75 Å². The number of nitrogens with zero attached hydrogens (tertiary/aromatic N) is 2. The van der Waals surface area contributed by atoms with E-state index in [2.05, 4.69) is 9.84 Å². The van der Waals surface area contributed by atoms with Crippen molar-refractivity contribution in [3.05, 3.63) is 47.8 Å². The SMILES string of the molecule is Cn1ccc(CC(O)c2ccccc2OC(F)F)n1. The summed E-state index contributed by atoms with van der Waals surface area (Å²) in [7, 11) is 1.77. The first kappa shape index (κ1) is 13.5. The van der Waals surface area contributed by atoms with Crippen molar-refractivity contribution >= 4 is 0 Å². The molecule has 0 aliphatic heterocycles. The topological polar surface area (TPSA) is 47.3 Å². The monoisotopic (exact) mass is 268 g/mol. The molecule has 2 rings (SSSR count). The second-order valence-electron chi connectivity index (χ2n) is 4.12. The number of aliphatic hydroxyl groups is 1. The molecule has 0 saturated heterocycles. The summed E-state index contributed by atoms with van der Waals surface area (Å²) in [6.07, 6.45) is 1.05. The molecule has 0 radical (unpaired) electrons. The molecule has 0 spiro atoms. The molecule has 1 unspecified atom stereocenters. The fourth-order valence-corrected chi connectivity index (χ4v) is 1.84. The van der Waals surface area contributed by atoms with Crippen molar-refractivity contribution in [1.29, 1.82) is 0 Å². The molecule has 102 valence electrons. The van der Waals surface area contributed by atoms with Gasteiger partial charge >= 0.3 is 6.61 Å². The second kappa shape index (κ2) is 5.79. The summed E-state index contributed by atoms with van der Waals surface area (Å²) in [5.41, 5.74) is 1.01. The molecule has 19 heavy (non-hydrogen) atoms. The third-order valence-corrected chi connectivity index (χ3v) is 2.67. The second-order valence-corrected chi connectivity index (χ2v) is 4.12. The van der Waals surface area contributed by atoms with E-state index >= 15 is 0 Å². The molecule has 1 atom stereocenters. The molecule has 0 amide bonds. The normalized spacial score (nSPS) is 12.7. The standard InChI is InChI=1S/C13H14F2N2O2/c1-17-7-6-9(16-17)8-11(18)10-4-2-3-5-12(10)19-13(14)15/h2-7,11,13,18H,8H2,1H3. The minimum Gasteiger partial charge on any atom is -0.434 e. The van der Waals surface area contributed by atoms with Crippen LogP contribution in [-0.2, 0) is 13.5 Å². The predicted octanol–water partition coefficient (Wildman–Crippen LogP) is 2.30. The van der Waals surface area contributed by atoms with E-state index in [4.69, 9.17) is 0 Å². The van der Waals surface area contributed by atoms with Crippen LogP contribution in [0.15, 0.2) is 36.5 Å². The number of benzene rings is 1. The van der Waals surface area contributed by atoms with Crippen LogP contribution in [0.25, 0.3) is 0 Å². The van der Waals surface area contributed by atoms with Crippen molar-refractivity contribution < 1.29 is 18.6 Å². The van der Waals surface area contributed by atoms with Crippen molar-refractivity contribution in [2.24, 2.45) is 7.05 Å². The first-order chi connectivity index (χ1) is 9.06. The number of aromatic nitrogens is 2. The van der Waals surface area contributed by atoms with Crippen LogP contribution in [0.4, 0.5) is 8.78 Å². The Balaban J connectivity index is 2.16. The smallest absolute Gasteiger partial charge is 0.387 e. The average molecular weight is 268 g/mol. The zero-order valence-electron chi connectivity index (χ0n) is 10.3. The van der Waals surface area contributed by atoms with Gasteiger partial charge in [0.15, 0.2) is 0 Å². The van der Waals surface area contributed by atoms with E-state index in [0.717, 1.165) is 0 Å². The Morgan fingerprint density at radius 2 is 2.05 bits per heavy atom. The van der Waals surface area contributed by atoms with Crippen molar-refractivity contribution in [3.8, 4) is 5.75 Å². The molecule has 2 aromatic rings. The maximum absolute atomic E-state index is 12.3. The molecule has 0 saturated carbocycles. The van der Waals surface area contributed by atoms with Crippen LogP contribution in [-0.4, -0.2) is 21.5 Å². The Kier molecular flexibility index (Phi) is 4.11. The molecular weight excluding hydrogens is 254 g/mol. The summed E-state index contributed by atoms with van der Waals surface area (Å²) in [4.78, 5) is 0. The Morgan fingerprint density at radius 3 is 2.68 bits per heavy atom. The summed E-state index contributed by atoms with van der Waals surface area (Å²) < 4.78 is 30.6. The Hall–Kier alpha value is -1.95. The van der Waals surface area contributed by atoms with E-state index in [0.29, 0.717) is 11.3 Å². The first-order valence-electron chi connectivity index (χ1n) is 5.76. The summed E-state index contributed by atoms with van der Waals surface area (Å²) in [6.45, 7) is -2.91. The Morgan fingerprint density at radius 1 is 1.32 bits per heavy atom. The first-order valence-corrected chi connectivity index (χ1v) is 5.76. The van der Waals surface area contributed by atoms with Crippen molar-refractivity contribution in [1.82, 2.24) is 9.78 Å². The van der Waals surface area contributed by atoms with Crippen LogP contribution < -0.4 is 4.74 Å². The molecule has 0 fully saturated rings. The summed E-state index contributed by atoms with van der Waals surface area (Å²) in [5.74, 6) is -0.0130. The van der Waals surface area contributed by atoms with Gasteiger partial charge in [-0.25, -0.2) is 0 Å². The van der Waals surface area contributed by atoms with Gasteiger partial charge in [0, 0.05) is 25.2 Å². The highest BCUT2D eigenvalue weighted by Crippen LogP contribution is 2.28. The van der Waals surface area contributed by atoms with Crippen LogP contribution in [0.3, 0.4) is 0 Å². The van der Waals surface area contributed by atoms with Gasteiger partial charge in [-0.3, -0.25) is 4.68 Å². The van der Waals surface area contributed by atoms with Gasteiger partial charge in [-0.2, -0.15) is 13.9 Å². The largest absolute Gasteiger partial charge is 0.434 e. The number of alkyl halides is 2. The molecule has 0 bridgehead atoms. The molecule has 1 aromatic carbocycles. The maximum Gasteiger partial charge on any atom is 0.387 e. The summed E-state index contributed by atoms with van der Waals surface area (Å²) in [5, 5.41) is 14.2. The number of hydrogen-bond acceptors (Lipinski definition) is 3. The van der Waals surface area contributed by atoms with E-state index < -0.39 is 12.7 Å². The van der Waals surface area contributed by atoms with E-state index in [-0.39, 0.29) is 12.2 Å². The van der Waals surface area contributed by atoms with Crippen LogP contribution in [0.1, 0.15) is 17.4 Å². The number of halogens is 2. The molecule has 1 N–H and O–H groups in total. The van der Waals surface area contributed by atoms with Gasteiger partial charge in [0.2, 0.25) is 0 Å². The summed E-state index contributed by atoms with van der Waals surface area (Å²) >= 11 is 0. The molecule has 6 heteroatoms. The van der Waals surface area contributed by atoms with Crippen LogP contribution in [0, 0.1) is 0 Å². The third kappa shape index (κ3) is 3.51. The lowest BCUT2D eigenvalue weighted by molar-refractivity contribution is -0.0515. The zero-order valence-corrected chi connectivity index (χ0v) is 10.3. The highest BCUT2D eigenvalue weighted by Gasteiger charge is 2.17. The molecule has 1 aromatic heterocycles. The number of aliphatic hydroxyl groups excluding tert-OH is 1.